The van der Waals surface area contributed by atoms with Crippen LogP contribution >= 0.6 is 0 Å². The van der Waals surface area contributed by atoms with E-state index < -0.39 is 23.7 Å². The number of carbonyl (C=O) groups excluding carboxylic acids is 2. The molecule has 0 bridgehead atoms. The van der Waals surface area contributed by atoms with E-state index in [1.54, 1.807) is 42.7 Å². The molecule has 2 atom stereocenters. The molecule has 7 heterocycles. The van der Waals surface area contributed by atoms with Gasteiger partial charge in [0.15, 0.2) is 5.58 Å². The summed E-state index contributed by atoms with van der Waals surface area (Å²) in [6.45, 7) is 8.72. The number of rotatable bonds is 15. The van der Waals surface area contributed by atoms with E-state index in [-0.39, 0.29) is 5.69 Å². The molecule has 2 N–H and O–H groups in total. The number of nitrogens with one attached hydrogen (secondary N) is 2. The minimum atomic E-state index is -1.22. The number of fused-ring (bicyclic) bond motifs is 3. The number of amides is 2. The Labute approximate surface area is 478 Å². The Bertz CT molecular complexity index is 4160. The SMILES string of the molecule is N#Cc1cccc(C(C(=O)Nc2ccc(-c3ccc4ncc(N5CCN(Cc6cccnc6)CC5)nc4c3)cc2)C(C(=O)Nc2ccc(-c3ccc4ncc(N5CCN(Cc6cccnc6)CC5)nc4c3)cc2)c2noc3ccccc23)c1. The number of piperazine rings is 2. The van der Waals surface area contributed by atoms with Gasteiger partial charge >= 0.3 is 0 Å². The van der Waals surface area contributed by atoms with Crippen LogP contribution < -0.4 is 20.4 Å². The lowest BCUT2D eigenvalue weighted by Gasteiger charge is -2.35. The van der Waals surface area contributed by atoms with Crippen LogP contribution in [0.25, 0.3) is 55.3 Å². The molecule has 2 aliphatic heterocycles. The summed E-state index contributed by atoms with van der Waals surface area (Å²) in [5.41, 5.74) is 11.8. The lowest BCUT2D eigenvalue weighted by Crippen LogP contribution is -2.46. The molecule has 0 aliphatic carbocycles. The zero-order chi connectivity index (χ0) is 56.1. The van der Waals surface area contributed by atoms with Gasteiger partial charge in [0.2, 0.25) is 11.8 Å². The summed E-state index contributed by atoms with van der Waals surface area (Å²) in [4.78, 5) is 67.9. The second-order valence-corrected chi connectivity index (χ2v) is 21.0. The van der Waals surface area contributed by atoms with E-state index in [2.05, 4.69) is 63.6 Å². The fraction of sp³-hybridized carbons (Fsp3) is 0.182. The number of nitrogens with zero attached hydrogens (tertiary/aromatic N) is 12. The van der Waals surface area contributed by atoms with E-state index in [4.69, 9.17) is 24.5 Å². The molecule has 5 aromatic heterocycles. The molecule has 0 radical (unpaired) electrons. The Morgan fingerprint density at radius 3 is 1.55 bits per heavy atom. The molecule has 13 rings (SSSR count). The van der Waals surface area contributed by atoms with E-state index in [9.17, 15) is 5.26 Å². The normalized spacial score (nSPS) is 14.8. The molecule has 0 spiro atoms. The van der Waals surface area contributed by atoms with Crippen molar-refractivity contribution < 1.29 is 14.1 Å². The molecule has 0 saturated carbocycles. The maximum absolute atomic E-state index is 15.1. The van der Waals surface area contributed by atoms with Crippen molar-refractivity contribution in [3.8, 4) is 28.3 Å². The molecule has 2 saturated heterocycles. The van der Waals surface area contributed by atoms with Crippen LogP contribution in [-0.2, 0) is 22.7 Å². The van der Waals surface area contributed by atoms with Crippen molar-refractivity contribution >= 4 is 67.9 Å². The number of nitriles is 1. The van der Waals surface area contributed by atoms with Gasteiger partial charge in [0.25, 0.3) is 0 Å². The van der Waals surface area contributed by atoms with Crippen molar-refractivity contribution in [3.05, 3.63) is 223 Å². The predicted molar refractivity (Wildman–Crippen MR) is 321 cm³/mol. The van der Waals surface area contributed by atoms with E-state index >= 15 is 9.59 Å². The average molecular weight is 1090 g/mol. The molecular formula is C66H56N14O3. The molecular weight excluding hydrogens is 1040 g/mol. The van der Waals surface area contributed by atoms with Crippen LogP contribution in [0, 0.1) is 11.3 Å². The topological polar surface area (TPSA) is 198 Å². The van der Waals surface area contributed by atoms with Crippen molar-refractivity contribution in [1.29, 1.82) is 5.26 Å². The van der Waals surface area contributed by atoms with Crippen molar-refractivity contribution in [2.45, 2.75) is 24.9 Å². The average Bonchev–Trinajstić information content (AvgIpc) is 4.25. The Kier molecular flexibility index (Phi) is 14.7. The minimum Gasteiger partial charge on any atom is -0.356 e. The highest BCUT2D eigenvalue weighted by Gasteiger charge is 2.40. The van der Waals surface area contributed by atoms with Gasteiger partial charge in [-0.3, -0.25) is 39.3 Å². The Balaban J connectivity index is 0.729. The molecule has 11 aromatic rings. The number of carbonyl (C=O) groups is 2. The number of para-hydroxylation sites is 1. The molecule has 6 aromatic carbocycles. The molecule has 408 valence electrons. The Hall–Kier alpha value is -10.3. The fourth-order valence-corrected chi connectivity index (χ4v) is 11.2. The van der Waals surface area contributed by atoms with Crippen LogP contribution in [0.15, 0.2) is 199 Å². The van der Waals surface area contributed by atoms with Crippen LogP contribution in [0.5, 0.6) is 0 Å². The number of benzene rings is 6. The monoisotopic (exact) mass is 1090 g/mol. The van der Waals surface area contributed by atoms with Gasteiger partial charge in [-0.2, -0.15) is 5.26 Å². The van der Waals surface area contributed by atoms with Crippen molar-refractivity contribution in [1.82, 2.24) is 44.9 Å². The summed E-state index contributed by atoms with van der Waals surface area (Å²) in [5, 5.41) is 21.4. The molecule has 2 aliphatic rings. The first-order valence-corrected chi connectivity index (χ1v) is 27.8. The number of anilines is 4. The molecule has 2 amide bonds. The standard InChI is InChI=1S/C66H56N14O3/c67-37-44-6-3-9-51(34-44)62(65(81)72-52-18-12-47(13-19-52)49-16-22-55-57(35-49)74-60(40-70-55)79-30-26-77(27-31-79)42-45-7-4-24-68-38-45)63(64-54-10-1-2-11-59(54)83-76-64)66(82)73-53-20-14-48(15-21-53)50-17-23-56-58(36-50)75-61(41-71-56)80-32-28-78(29-33-80)43-46-8-5-25-69-39-46/h1-25,34-36,38-41,62-63H,26-33,42-43H2,(H,72,81)(H,73,82). The van der Waals surface area contributed by atoms with Gasteiger partial charge in [-0.1, -0.05) is 78.0 Å². The summed E-state index contributed by atoms with van der Waals surface area (Å²) >= 11 is 0. The number of hydrogen-bond acceptors (Lipinski definition) is 15. The van der Waals surface area contributed by atoms with Gasteiger partial charge in [0, 0.05) is 107 Å². The highest BCUT2D eigenvalue weighted by atomic mass is 16.5. The fourth-order valence-electron chi connectivity index (χ4n) is 11.2. The van der Waals surface area contributed by atoms with Crippen LogP contribution in [0.2, 0.25) is 0 Å². The maximum atomic E-state index is 15.1. The summed E-state index contributed by atoms with van der Waals surface area (Å²) in [7, 11) is 0. The second-order valence-electron chi connectivity index (χ2n) is 21.0. The third-order valence-corrected chi connectivity index (χ3v) is 15.7. The van der Waals surface area contributed by atoms with Crippen LogP contribution in [-0.4, -0.2) is 109 Å². The lowest BCUT2D eigenvalue weighted by atomic mass is 9.80. The van der Waals surface area contributed by atoms with E-state index in [1.165, 1.54) is 11.1 Å². The number of hydrogen-bond donors (Lipinski definition) is 2. The number of aromatic nitrogens is 7. The first kappa shape index (κ1) is 52.1. The molecule has 2 fully saturated rings. The first-order valence-electron chi connectivity index (χ1n) is 27.8. The molecule has 2 unspecified atom stereocenters. The maximum Gasteiger partial charge on any atom is 0.234 e. The van der Waals surface area contributed by atoms with Crippen molar-refractivity contribution in [2.24, 2.45) is 0 Å². The Morgan fingerprint density at radius 2 is 1.04 bits per heavy atom. The third kappa shape index (κ3) is 11.6. The summed E-state index contributed by atoms with van der Waals surface area (Å²) in [6.07, 6.45) is 11.1. The largest absolute Gasteiger partial charge is 0.356 e. The smallest absolute Gasteiger partial charge is 0.234 e. The second kappa shape index (κ2) is 23.4. The quantitative estimate of drug-likeness (QED) is 0.0982. The Morgan fingerprint density at radius 1 is 0.518 bits per heavy atom. The van der Waals surface area contributed by atoms with Gasteiger partial charge in [0.1, 0.15) is 23.2 Å². The predicted octanol–water partition coefficient (Wildman–Crippen LogP) is 10.5. The van der Waals surface area contributed by atoms with E-state index in [1.807, 2.05) is 140 Å². The molecule has 83 heavy (non-hydrogen) atoms. The highest BCUT2D eigenvalue weighted by Crippen LogP contribution is 2.39. The minimum absolute atomic E-state index is 0.279. The summed E-state index contributed by atoms with van der Waals surface area (Å²) in [5.74, 6) is -1.68. The van der Waals surface area contributed by atoms with Crippen LogP contribution in [0.1, 0.15) is 39.8 Å². The summed E-state index contributed by atoms with van der Waals surface area (Å²) in [6, 6.07) is 51.6. The van der Waals surface area contributed by atoms with E-state index in [0.29, 0.717) is 33.5 Å². The van der Waals surface area contributed by atoms with Gasteiger partial charge in [-0.05, 0) is 124 Å². The van der Waals surface area contributed by atoms with Gasteiger partial charge in [0.05, 0.1) is 52.0 Å². The molecule has 17 nitrogen and oxygen atoms in total. The van der Waals surface area contributed by atoms with Gasteiger partial charge in [-0.25, -0.2) is 9.97 Å². The zero-order valence-electron chi connectivity index (χ0n) is 45.3. The summed E-state index contributed by atoms with van der Waals surface area (Å²) < 4.78 is 5.82. The first-order chi connectivity index (χ1) is 40.8. The van der Waals surface area contributed by atoms with Crippen LogP contribution in [0.3, 0.4) is 0 Å². The number of pyridine rings is 2. The zero-order valence-corrected chi connectivity index (χ0v) is 45.3. The van der Waals surface area contributed by atoms with Crippen molar-refractivity contribution in [3.63, 3.8) is 0 Å². The van der Waals surface area contributed by atoms with Crippen molar-refractivity contribution in [2.75, 3.05) is 72.8 Å². The van der Waals surface area contributed by atoms with Gasteiger partial charge < -0.3 is 25.0 Å². The molecule has 17 heteroatoms. The van der Waals surface area contributed by atoms with E-state index in [0.717, 1.165) is 121 Å². The lowest BCUT2D eigenvalue weighted by molar-refractivity contribution is -0.124. The van der Waals surface area contributed by atoms with Crippen LogP contribution in [0.4, 0.5) is 23.0 Å². The highest BCUT2D eigenvalue weighted by molar-refractivity contribution is 6.06. The van der Waals surface area contributed by atoms with Gasteiger partial charge in [-0.15, -0.1) is 0 Å². The third-order valence-electron chi connectivity index (χ3n) is 15.7.